The molecule has 2 N–H and O–H groups in total. The van der Waals surface area contributed by atoms with Crippen molar-refractivity contribution in [3.05, 3.63) is 17.3 Å². The summed E-state index contributed by atoms with van der Waals surface area (Å²) in [7, 11) is 0. The van der Waals surface area contributed by atoms with E-state index in [0.29, 0.717) is 6.20 Å². The molecule has 0 unspecified atom stereocenters. The molecule has 92 valence electrons. The third-order valence-electron chi connectivity index (χ3n) is 1.66. The van der Waals surface area contributed by atoms with Gasteiger partial charge in [0.2, 0.25) is 0 Å². The molecule has 0 fully saturated rings. The number of ether oxygens (including phenoxy) is 1. The van der Waals surface area contributed by atoms with Crippen molar-refractivity contribution in [2.45, 2.75) is 12.8 Å². The minimum absolute atomic E-state index is 0.530. The minimum Gasteiger partial charge on any atom is -0.400 e. The van der Waals surface area contributed by atoms with Crippen molar-refractivity contribution in [3.8, 4) is 11.8 Å². The van der Waals surface area contributed by atoms with Crippen LogP contribution in [-0.4, -0.2) is 11.3 Å². The van der Waals surface area contributed by atoms with Gasteiger partial charge in [0.05, 0.1) is 5.56 Å². The Hall–Kier alpha value is -2.11. The van der Waals surface area contributed by atoms with E-state index in [-0.39, 0.29) is 0 Å². The lowest BCUT2D eigenvalue weighted by molar-refractivity contribution is -0.274. The summed E-state index contributed by atoms with van der Waals surface area (Å²) in [6, 6.07) is 1.18. The Morgan fingerprint density at radius 1 is 1.41 bits per heavy atom. The molecule has 0 spiro atoms. The summed E-state index contributed by atoms with van der Waals surface area (Å²) < 4.78 is 64.1. The molecule has 0 saturated heterocycles. The number of nitrogens with zero attached hydrogens (tertiary/aromatic N) is 2. The first-order chi connectivity index (χ1) is 7.76. The standard InChI is InChI=1S/C8H4F5N3O/c9-6(10)4-2-16-7(15)5(3(4)1-14)17-8(11,12)13/h2,6H,(H2,15,16). The van der Waals surface area contributed by atoms with Gasteiger partial charge >= 0.3 is 6.36 Å². The number of nitriles is 1. The minimum atomic E-state index is -5.15. The van der Waals surface area contributed by atoms with Gasteiger partial charge in [-0.15, -0.1) is 13.2 Å². The maximum Gasteiger partial charge on any atom is 0.573 e. The number of rotatable bonds is 2. The van der Waals surface area contributed by atoms with Crippen molar-refractivity contribution in [2.24, 2.45) is 0 Å². The Bertz CT molecular complexity index is 465. The highest BCUT2D eigenvalue weighted by molar-refractivity contribution is 5.59. The van der Waals surface area contributed by atoms with Gasteiger partial charge in [-0.05, 0) is 0 Å². The van der Waals surface area contributed by atoms with Crippen LogP contribution in [0.5, 0.6) is 5.75 Å². The molecule has 1 rings (SSSR count). The van der Waals surface area contributed by atoms with E-state index in [1.165, 1.54) is 6.07 Å². The number of hydrogen-bond acceptors (Lipinski definition) is 4. The van der Waals surface area contributed by atoms with Crippen LogP contribution in [0.3, 0.4) is 0 Å². The van der Waals surface area contributed by atoms with Crippen LogP contribution in [-0.2, 0) is 0 Å². The van der Waals surface area contributed by atoms with Gasteiger partial charge in [0, 0.05) is 6.20 Å². The first-order valence-electron chi connectivity index (χ1n) is 3.98. The molecule has 1 aromatic rings. The molecule has 0 aliphatic rings. The largest absolute Gasteiger partial charge is 0.573 e. The molecule has 0 saturated carbocycles. The Kier molecular flexibility index (Phi) is 3.36. The van der Waals surface area contributed by atoms with E-state index >= 15 is 0 Å². The van der Waals surface area contributed by atoms with Crippen molar-refractivity contribution in [1.82, 2.24) is 4.98 Å². The van der Waals surface area contributed by atoms with Crippen LogP contribution >= 0.6 is 0 Å². The van der Waals surface area contributed by atoms with E-state index in [2.05, 4.69) is 9.72 Å². The summed E-state index contributed by atoms with van der Waals surface area (Å²) in [6.07, 6.45) is -7.78. The number of aromatic nitrogens is 1. The third-order valence-corrected chi connectivity index (χ3v) is 1.66. The first-order valence-corrected chi connectivity index (χ1v) is 3.98. The number of hydrogen-bond donors (Lipinski definition) is 1. The van der Waals surface area contributed by atoms with Gasteiger partial charge < -0.3 is 10.5 Å². The van der Waals surface area contributed by atoms with Crippen LogP contribution in [0.25, 0.3) is 0 Å². The zero-order chi connectivity index (χ0) is 13.2. The molecular formula is C8H4F5N3O. The lowest BCUT2D eigenvalue weighted by atomic mass is 10.1. The van der Waals surface area contributed by atoms with E-state index < -0.39 is 35.5 Å². The second kappa shape index (κ2) is 4.40. The molecule has 17 heavy (non-hydrogen) atoms. The fraction of sp³-hybridized carbons (Fsp3) is 0.250. The van der Waals surface area contributed by atoms with Gasteiger partial charge in [-0.2, -0.15) is 5.26 Å². The highest BCUT2D eigenvalue weighted by Gasteiger charge is 2.35. The monoisotopic (exact) mass is 253 g/mol. The lowest BCUT2D eigenvalue weighted by Crippen LogP contribution is -2.19. The number of nitrogen functional groups attached to an aromatic ring is 1. The molecule has 0 aromatic carbocycles. The van der Waals surface area contributed by atoms with Crippen molar-refractivity contribution in [2.75, 3.05) is 5.73 Å². The van der Waals surface area contributed by atoms with Gasteiger partial charge in [0.25, 0.3) is 6.43 Å². The third kappa shape index (κ3) is 2.93. The second-order valence-corrected chi connectivity index (χ2v) is 2.76. The predicted octanol–water partition coefficient (Wildman–Crippen LogP) is 2.37. The number of halogens is 5. The van der Waals surface area contributed by atoms with E-state index in [0.717, 1.165) is 0 Å². The van der Waals surface area contributed by atoms with Crippen LogP contribution in [0, 0.1) is 11.3 Å². The number of nitrogens with two attached hydrogens (primary N) is 1. The number of pyridine rings is 1. The van der Waals surface area contributed by atoms with Crippen molar-refractivity contribution < 1.29 is 26.7 Å². The molecule has 0 amide bonds. The molecule has 0 aliphatic heterocycles. The van der Waals surface area contributed by atoms with E-state index in [9.17, 15) is 22.0 Å². The summed E-state index contributed by atoms with van der Waals surface area (Å²) >= 11 is 0. The summed E-state index contributed by atoms with van der Waals surface area (Å²) in [6.45, 7) is 0. The highest BCUT2D eigenvalue weighted by Crippen LogP contribution is 2.35. The summed E-state index contributed by atoms with van der Waals surface area (Å²) in [4.78, 5) is 3.11. The average molecular weight is 253 g/mol. The van der Waals surface area contributed by atoms with Crippen LogP contribution in [0.1, 0.15) is 17.6 Å². The van der Waals surface area contributed by atoms with Crippen LogP contribution < -0.4 is 10.5 Å². The van der Waals surface area contributed by atoms with E-state index in [4.69, 9.17) is 11.0 Å². The fourth-order valence-electron chi connectivity index (χ4n) is 1.02. The average Bonchev–Trinajstić information content (AvgIpc) is 2.18. The first kappa shape index (κ1) is 13.0. The molecule has 4 nitrogen and oxygen atoms in total. The van der Waals surface area contributed by atoms with Gasteiger partial charge in [0.1, 0.15) is 11.6 Å². The van der Waals surface area contributed by atoms with Crippen LogP contribution in [0.2, 0.25) is 0 Å². The Morgan fingerprint density at radius 3 is 2.41 bits per heavy atom. The molecule has 1 heterocycles. The fourth-order valence-corrected chi connectivity index (χ4v) is 1.02. The maximum absolute atomic E-state index is 12.4. The van der Waals surface area contributed by atoms with E-state index in [1.54, 1.807) is 0 Å². The maximum atomic E-state index is 12.4. The summed E-state index contributed by atoms with van der Waals surface area (Å²) in [5, 5.41) is 8.56. The van der Waals surface area contributed by atoms with Crippen LogP contribution in [0.4, 0.5) is 27.8 Å². The Labute approximate surface area is 91.4 Å². The Balaban J connectivity index is 3.37. The normalized spacial score (nSPS) is 11.4. The zero-order valence-electron chi connectivity index (χ0n) is 7.92. The molecule has 0 bridgehead atoms. The van der Waals surface area contributed by atoms with Gasteiger partial charge in [-0.1, -0.05) is 0 Å². The highest BCUT2D eigenvalue weighted by atomic mass is 19.4. The van der Waals surface area contributed by atoms with E-state index in [1.807, 2.05) is 0 Å². The molecule has 1 aromatic heterocycles. The number of anilines is 1. The van der Waals surface area contributed by atoms with Crippen molar-refractivity contribution >= 4 is 5.82 Å². The number of alkyl halides is 5. The topological polar surface area (TPSA) is 71.9 Å². The smallest absolute Gasteiger partial charge is 0.400 e. The van der Waals surface area contributed by atoms with Gasteiger partial charge in [0.15, 0.2) is 11.6 Å². The van der Waals surface area contributed by atoms with Crippen molar-refractivity contribution in [1.29, 1.82) is 5.26 Å². The van der Waals surface area contributed by atoms with Gasteiger partial charge in [-0.3, -0.25) is 0 Å². The molecular weight excluding hydrogens is 249 g/mol. The quantitative estimate of drug-likeness (QED) is 0.821. The molecule has 0 atom stereocenters. The SMILES string of the molecule is N#Cc1c(C(F)F)cnc(N)c1OC(F)(F)F. The Morgan fingerprint density at radius 2 is 2.00 bits per heavy atom. The van der Waals surface area contributed by atoms with Crippen LogP contribution in [0.15, 0.2) is 6.20 Å². The predicted molar refractivity (Wildman–Crippen MR) is 45.0 cm³/mol. The van der Waals surface area contributed by atoms with Gasteiger partial charge in [-0.25, -0.2) is 13.8 Å². The molecule has 0 radical (unpaired) electrons. The summed E-state index contributed by atoms with van der Waals surface area (Å²) in [5.41, 5.74) is 3.09. The second-order valence-electron chi connectivity index (χ2n) is 2.76. The van der Waals surface area contributed by atoms with Crippen molar-refractivity contribution in [3.63, 3.8) is 0 Å². The lowest BCUT2D eigenvalue weighted by Gasteiger charge is -2.13. The summed E-state index contributed by atoms with van der Waals surface area (Å²) in [5.74, 6) is -2.00. The molecule has 9 heteroatoms. The zero-order valence-corrected chi connectivity index (χ0v) is 7.92. The molecule has 0 aliphatic carbocycles.